The van der Waals surface area contributed by atoms with E-state index in [1.165, 1.54) is 0 Å². The summed E-state index contributed by atoms with van der Waals surface area (Å²) in [6.45, 7) is 3.66. The zero-order chi connectivity index (χ0) is 19.8. The Kier molecular flexibility index (Phi) is 4.78. The molecule has 4 rings (SSSR count). The maximum absolute atomic E-state index is 6.56. The number of halogens is 1. The summed E-state index contributed by atoms with van der Waals surface area (Å²) in [5, 5.41) is 4.13. The van der Waals surface area contributed by atoms with Crippen LogP contribution in [0.3, 0.4) is 0 Å². The molecule has 0 aliphatic heterocycles. The van der Waals surface area contributed by atoms with Crippen molar-refractivity contribution in [3.8, 4) is 11.1 Å². The molecule has 3 aromatic heterocycles. The Hall–Kier alpha value is -2.90. The zero-order valence-electron chi connectivity index (χ0n) is 16.1. The first-order valence-electron chi connectivity index (χ1n) is 9.02. The normalized spacial score (nSPS) is 11.6. The summed E-state index contributed by atoms with van der Waals surface area (Å²) >= 11 is 6.56. The number of rotatable bonds is 5. The molecule has 0 radical (unpaired) electrons. The summed E-state index contributed by atoms with van der Waals surface area (Å²) < 4.78 is 1.86. The van der Waals surface area contributed by atoms with Gasteiger partial charge in [-0.15, -0.1) is 0 Å². The SMILES string of the molecule is Cc1cccc(Cl)c1-c1cc2nc(N)c3cncn3c2nc1NCCN(C)C. The number of fused-ring (bicyclic) bond motifs is 3. The lowest BCUT2D eigenvalue weighted by atomic mass is 10.0. The number of anilines is 2. The Morgan fingerprint density at radius 2 is 2.07 bits per heavy atom. The number of nitrogen functional groups attached to an aromatic ring is 1. The third-order valence-corrected chi connectivity index (χ3v) is 5.01. The number of hydrogen-bond acceptors (Lipinski definition) is 6. The monoisotopic (exact) mass is 395 g/mol. The lowest BCUT2D eigenvalue weighted by Crippen LogP contribution is -2.21. The van der Waals surface area contributed by atoms with Gasteiger partial charge in [0, 0.05) is 29.2 Å². The third kappa shape index (κ3) is 3.23. The molecule has 0 bridgehead atoms. The molecule has 3 heterocycles. The van der Waals surface area contributed by atoms with Crippen LogP contribution in [0.25, 0.3) is 27.8 Å². The number of nitrogens with zero attached hydrogens (tertiary/aromatic N) is 5. The Labute approximate surface area is 168 Å². The van der Waals surface area contributed by atoms with Gasteiger partial charge < -0.3 is 16.0 Å². The number of imidazole rings is 1. The van der Waals surface area contributed by atoms with Crippen LogP contribution < -0.4 is 11.1 Å². The highest BCUT2D eigenvalue weighted by atomic mass is 35.5. The van der Waals surface area contributed by atoms with Crippen LogP contribution in [0.4, 0.5) is 11.6 Å². The van der Waals surface area contributed by atoms with Crippen LogP contribution in [0.1, 0.15) is 5.56 Å². The van der Waals surface area contributed by atoms with Crippen molar-refractivity contribution in [1.82, 2.24) is 24.3 Å². The van der Waals surface area contributed by atoms with E-state index in [2.05, 4.69) is 20.2 Å². The second kappa shape index (κ2) is 7.26. The van der Waals surface area contributed by atoms with E-state index in [4.69, 9.17) is 22.3 Å². The smallest absolute Gasteiger partial charge is 0.167 e. The van der Waals surface area contributed by atoms with Gasteiger partial charge in [-0.05, 0) is 38.7 Å². The van der Waals surface area contributed by atoms with E-state index in [-0.39, 0.29) is 0 Å². The maximum atomic E-state index is 6.56. The zero-order valence-corrected chi connectivity index (χ0v) is 16.8. The van der Waals surface area contributed by atoms with Gasteiger partial charge in [0.15, 0.2) is 5.65 Å². The second-order valence-electron chi connectivity index (χ2n) is 7.03. The van der Waals surface area contributed by atoms with Crippen LogP contribution in [0.2, 0.25) is 5.02 Å². The molecule has 1 aromatic carbocycles. The van der Waals surface area contributed by atoms with Gasteiger partial charge in [-0.3, -0.25) is 4.40 Å². The van der Waals surface area contributed by atoms with E-state index < -0.39 is 0 Å². The van der Waals surface area contributed by atoms with Gasteiger partial charge >= 0.3 is 0 Å². The topological polar surface area (TPSA) is 84.4 Å². The second-order valence-corrected chi connectivity index (χ2v) is 7.44. The van der Waals surface area contributed by atoms with Crippen molar-refractivity contribution in [1.29, 1.82) is 0 Å². The molecule has 144 valence electrons. The van der Waals surface area contributed by atoms with E-state index in [0.717, 1.165) is 41.1 Å². The molecular weight excluding hydrogens is 374 g/mol. The highest BCUT2D eigenvalue weighted by Gasteiger charge is 2.17. The summed E-state index contributed by atoms with van der Waals surface area (Å²) in [6, 6.07) is 7.86. The number of aromatic nitrogens is 4. The van der Waals surface area contributed by atoms with Crippen LogP contribution in [0.5, 0.6) is 0 Å². The van der Waals surface area contributed by atoms with E-state index in [1.54, 1.807) is 12.5 Å². The van der Waals surface area contributed by atoms with Gasteiger partial charge in [-0.2, -0.15) is 0 Å². The van der Waals surface area contributed by atoms with Gasteiger partial charge in [0.05, 0.1) is 6.20 Å². The number of benzene rings is 1. The van der Waals surface area contributed by atoms with Gasteiger partial charge in [-0.1, -0.05) is 23.7 Å². The molecule has 0 unspecified atom stereocenters. The minimum atomic E-state index is 0.418. The maximum Gasteiger partial charge on any atom is 0.167 e. The van der Waals surface area contributed by atoms with Crippen molar-refractivity contribution in [2.24, 2.45) is 0 Å². The van der Waals surface area contributed by atoms with E-state index in [0.29, 0.717) is 22.0 Å². The summed E-state index contributed by atoms with van der Waals surface area (Å²) in [5.74, 6) is 1.18. The van der Waals surface area contributed by atoms with Crippen molar-refractivity contribution >= 4 is 39.9 Å². The molecule has 8 heteroatoms. The van der Waals surface area contributed by atoms with Gasteiger partial charge in [0.1, 0.15) is 29.0 Å². The molecule has 0 amide bonds. The fourth-order valence-corrected chi connectivity index (χ4v) is 3.61. The number of hydrogen-bond donors (Lipinski definition) is 2. The number of nitrogens with one attached hydrogen (secondary N) is 1. The van der Waals surface area contributed by atoms with E-state index in [9.17, 15) is 0 Å². The Morgan fingerprint density at radius 3 is 2.82 bits per heavy atom. The Balaban J connectivity index is 1.96. The van der Waals surface area contributed by atoms with E-state index >= 15 is 0 Å². The lowest BCUT2D eigenvalue weighted by molar-refractivity contribution is 0.425. The summed E-state index contributed by atoms with van der Waals surface area (Å²) in [6.07, 6.45) is 3.39. The van der Waals surface area contributed by atoms with Crippen LogP contribution in [0, 0.1) is 6.92 Å². The van der Waals surface area contributed by atoms with Crippen LogP contribution in [-0.4, -0.2) is 51.4 Å². The van der Waals surface area contributed by atoms with Crippen molar-refractivity contribution in [2.45, 2.75) is 6.92 Å². The molecule has 0 aliphatic rings. The largest absolute Gasteiger partial charge is 0.382 e. The molecule has 7 nitrogen and oxygen atoms in total. The first-order chi connectivity index (χ1) is 13.5. The number of likely N-dealkylation sites (N-methyl/N-ethyl adjacent to an activating group) is 1. The molecule has 0 saturated carbocycles. The highest BCUT2D eigenvalue weighted by Crippen LogP contribution is 2.37. The van der Waals surface area contributed by atoms with Gasteiger partial charge in [0.2, 0.25) is 0 Å². The average Bonchev–Trinajstić information content (AvgIpc) is 3.13. The number of aryl methyl sites for hydroxylation is 1. The van der Waals surface area contributed by atoms with Gasteiger partial charge in [-0.25, -0.2) is 15.0 Å². The fraction of sp³-hybridized carbons (Fsp3) is 0.250. The molecule has 0 fully saturated rings. The van der Waals surface area contributed by atoms with E-state index in [1.807, 2.05) is 49.7 Å². The fourth-order valence-electron chi connectivity index (χ4n) is 3.29. The van der Waals surface area contributed by atoms with Crippen molar-refractivity contribution in [3.63, 3.8) is 0 Å². The molecule has 0 atom stereocenters. The van der Waals surface area contributed by atoms with Crippen molar-refractivity contribution in [3.05, 3.63) is 47.4 Å². The summed E-state index contributed by atoms with van der Waals surface area (Å²) in [7, 11) is 4.08. The first-order valence-corrected chi connectivity index (χ1v) is 9.40. The highest BCUT2D eigenvalue weighted by molar-refractivity contribution is 6.33. The lowest BCUT2D eigenvalue weighted by Gasteiger charge is -2.17. The third-order valence-electron chi connectivity index (χ3n) is 4.70. The Bertz CT molecular complexity index is 1150. The average molecular weight is 396 g/mol. The molecule has 0 spiro atoms. The molecular formula is C20H22ClN7. The molecule has 4 aromatic rings. The van der Waals surface area contributed by atoms with Crippen molar-refractivity contribution < 1.29 is 0 Å². The van der Waals surface area contributed by atoms with Crippen molar-refractivity contribution in [2.75, 3.05) is 38.2 Å². The summed E-state index contributed by atoms with van der Waals surface area (Å²) in [5.41, 5.74) is 11.2. The number of nitrogens with two attached hydrogens (primary N) is 1. The quantitative estimate of drug-likeness (QED) is 0.538. The standard InChI is InChI=1S/C20H22ClN7/c1-12-5-4-6-14(21)17(12)13-9-15-20(26-19(13)24-7-8-27(2)3)28-11-23-10-16(28)18(22)25-15/h4-6,9-11H,7-8H2,1-3H3,(H2,22,25)(H,24,26). The minimum Gasteiger partial charge on any atom is -0.382 e. The number of pyridine rings is 1. The molecule has 0 saturated heterocycles. The first kappa shape index (κ1) is 18.5. The minimum absolute atomic E-state index is 0.418. The molecule has 3 N–H and O–H groups in total. The predicted octanol–water partition coefficient (Wildman–Crippen LogP) is 3.46. The Morgan fingerprint density at radius 1 is 1.25 bits per heavy atom. The van der Waals surface area contributed by atoms with Crippen LogP contribution >= 0.6 is 11.6 Å². The molecule has 0 aliphatic carbocycles. The van der Waals surface area contributed by atoms with Crippen LogP contribution in [-0.2, 0) is 0 Å². The summed E-state index contributed by atoms with van der Waals surface area (Å²) in [4.78, 5) is 15.7. The van der Waals surface area contributed by atoms with Gasteiger partial charge in [0.25, 0.3) is 0 Å². The van der Waals surface area contributed by atoms with Crippen LogP contribution in [0.15, 0.2) is 36.8 Å². The predicted molar refractivity (Wildman–Crippen MR) is 115 cm³/mol. The molecule has 28 heavy (non-hydrogen) atoms.